The van der Waals surface area contributed by atoms with E-state index in [1.165, 1.54) is 31.4 Å². The third kappa shape index (κ3) is 5.78. The van der Waals surface area contributed by atoms with Crippen LogP contribution in [-0.2, 0) is 4.79 Å². The van der Waals surface area contributed by atoms with Crippen molar-refractivity contribution >= 4 is 40.2 Å². The van der Waals surface area contributed by atoms with Crippen molar-refractivity contribution in [3.63, 3.8) is 0 Å². The van der Waals surface area contributed by atoms with E-state index < -0.39 is 11.1 Å². The van der Waals surface area contributed by atoms with E-state index in [0.29, 0.717) is 28.6 Å². The SMILES string of the molecule is COc1cc(NC(=O)C2N=C(c3ccccc3)N(c3ccccc3)N2)ccc1N=Nc1ccc([N+](=O)[O-])cc1. The summed E-state index contributed by atoms with van der Waals surface area (Å²) >= 11 is 0. The van der Waals surface area contributed by atoms with E-state index in [4.69, 9.17) is 4.74 Å². The van der Waals surface area contributed by atoms with E-state index in [-0.39, 0.29) is 11.6 Å². The summed E-state index contributed by atoms with van der Waals surface area (Å²) < 4.78 is 5.44. The minimum absolute atomic E-state index is 0.0320. The normalized spacial score (nSPS) is 14.7. The summed E-state index contributed by atoms with van der Waals surface area (Å²) in [6.45, 7) is 0. The van der Waals surface area contributed by atoms with Crippen molar-refractivity contribution in [1.82, 2.24) is 5.43 Å². The number of ether oxygens (including phenoxy) is 1. The van der Waals surface area contributed by atoms with Gasteiger partial charge in [-0.2, -0.15) is 10.5 Å². The number of nitrogens with zero attached hydrogens (tertiary/aromatic N) is 5. The van der Waals surface area contributed by atoms with E-state index in [0.717, 1.165) is 11.3 Å². The zero-order valence-electron chi connectivity index (χ0n) is 20.8. The monoisotopic (exact) mass is 521 g/mol. The molecule has 4 aromatic carbocycles. The van der Waals surface area contributed by atoms with Crippen molar-refractivity contribution in [2.75, 3.05) is 17.4 Å². The summed E-state index contributed by atoms with van der Waals surface area (Å²) in [6.07, 6.45) is -0.868. The van der Waals surface area contributed by atoms with E-state index in [1.54, 1.807) is 23.2 Å². The fraction of sp³-hybridized carbons (Fsp3) is 0.0714. The van der Waals surface area contributed by atoms with Crippen LogP contribution in [0.5, 0.6) is 5.75 Å². The van der Waals surface area contributed by atoms with Crippen molar-refractivity contribution in [3.05, 3.63) is 119 Å². The molecule has 1 aliphatic rings. The molecule has 194 valence electrons. The quantitative estimate of drug-likeness (QED) is 0.172. The largest absolute Gasteiger partial charge is 0.494 e. The maximum Gasteiger partial charge on any atom is 0.269 e. The van der Waals surface area contributed by atoms with Crippen LogP contribution < -0.4 is 20.5 Å². The van der Waals surface area contributed by atoms with Crippen LogP contribution in [-0.4, -0.2) is 29.9 Å². The van der Waals surface area contributed by atoms with Crippen LogP contribution in [0.2, 0.25) is 0 Å². The number of nitro groups is 1. The van der Waals surface area contributed by atoms with E-state index in [1.807, 2.05) is 60.7 Å². The van der Waals surface area contributed by atoms with Gasteiger partial charge in [0.25, 0.3) is 11.6 Å². The zero-order valence-corrected chi connectivity index (χ0v) is 20.8. The second kappa shape index (κ2) is 11.3. The van der Waals surface area contributed by atoms with Gasteiger partial charge in [0.2, 0.25) is 0 Å². The first-order valence-corrected chi connectivity index (χ1v) is 11.9. The van der Waals surface area contributed by atoms with Gasteiger partial charge in [-0.3, -0.25) is 19.9 Å². The Morgan fingerprint density at radius 2 is 1.67 bits per heavy atom. The number of rotatable bonds is 8. The molecular formula is C28H23N7O4. The van der Waals surface area contributed by atoms with Gasteiger partial charge >= 0.3 is 0 Å². The fourth-order valence-electron chi connectivity index (χ4n) is 3.88. The average Bonchev–Trinajstić information content (AvgIpc) is 3.43. The van der Waals surface area contributed by atoms with Crippen LogP contribution in [0.4, 0.5) is 28.4 Å². The Morgan fingerprint density at radius 3 is 2.33 bits per heavy atom. The highest BCUT2D eigenvalue weighted by molar-refractivity contribution is 6.13. The number of carbonyl (C=O) groups excluding carboxylic acids is 1. The Hall–Kier alpha value is -5.42. The van der Waals surface area contributed by atoms with Crippen molar-refractivity contribution in [1.29, 1.82) is 0 Å². The van der Waals surface area contributed by atoms with Gasteiger partial charge in [-0.05, 0) is 36.4 Å². The number of amidine groups is 1. The maximum atomic E-state index is 13.2. The molecule has 1 atom stereocenters. The van der Waals surface area contributed by atoms with Gasteiger partial charge in [0.15, 0.2) is 12.0 Å². The summed E-state index contributed by atoms with van der Waals surface area (Å²) in [5.41, 5.74) is 6.22. The first-order chi connectivity index (χ1) is 19.0. The molecule has 2 N–H and O–H groups in total. The second-order valence-corrected chi connectivity index (χ2v) is 8.37. The molecule has 0 saturated carbocycles. The molecule has 0 spiro atoms. The number of aliphatic imine (C=N–C) groups is 1. The smallest absolute Gasteiger partial charge is 0.269 e. The number of azo groups is 1. The van der Waals surface area contributed by atoms with Crippen molar-refractivity contribution in [2.24, 2.45) is 15.2 Å². The van der Waals surface area contributed by atoms with Crippen LogP contribution in [0.3, 0.4) is 0 Å². The van der Waals surface area contributed by atoms with Crippen LogP contribution in [0, 0.1) is 10.1 Å². The Balaban J connectivity index is 1.33. The van der Waals surface area contributed by atoms with Crippen molar-refractivity contribution in [2.45, 2.75) is 6.17 Å². The summed E-state index contributed by atoms with van der Waals surface area (Å²) in [5, 5.41) is 23.8. The Bertz CT molecular complexity index is 1540. The predicted molar refractivity (Wildman–Crippen MR) is 148 cm³/mol. The topological polar surface area (TPSA) is 134 Å². The van der Waals surface area contributed by atoms with E-state index in [9.17, 15) is 14.9 Å². The molecule has 1 aliphatic heterocycles. The highest BCUT2D eigenvalue weighted by atomic mass is 16.6. The van der Waals surface area contributed by atoms with E-state index in [2.05, 4.69) is 26.0 Å². The number of nitro benzene ring substituents is 1. The summed E-state index contributed by atoms with van der Waals surface area (Å²) in [5.74, 6) is 0.655. The molecule has 1 amide bonds. The lowest BCUT2D eigenvalue weighted by atomic mass is 10.2. The molecule has 1 unspecified atom stereocenters. The highest BCUT2D eigenvalue weighted by Gasteiger charge is 2.31. The molecule has 11 heteroatoms. The predicted octanol–water partition coefficient (Wildman–Crippen LogP) is 5.76. The number of hydrogen-bond donors (Lipinski definition) is 2. The van der Waals surface area contributed by atoms with Crippen LogP contribution in [0.25, 0.3) is 0 Å². The molecule has 0 radical (unpaired) electrons. The molecule has 4 aromatic rings. The van der Waals surface area contributed by atoms with Gasteiger partial charge < -0.3 is 10.1 Å². The molecule has 1 heterocycles. The molecule has 0 aliphatic carbocycles. The number of benzene rings is 4. The number of hydrazine groups is 1. The molecule has 0 saturated heterocycles. The summed E-state index contributed by atoms with van der Waals surface area (Å²) in [4.78, 5) is 28.2. The van der Waals surface area contributed by atoms with Crippen LogP contribution >= 0.6 is 0 Å². The minimum atomic E-state index is -0.868. The fourth-order valence-corrected chi connectivity index (χ4v) is 3.88. The Morgan fingerprint density at radius 1 is 0.974 bits per heavy atom. The van der Waals surface area contributed by atoms with Gasteiger partial charge in [-0.15, -0.1) is 5.11 Å². The molecule has 5 rings (SSSR count). The molecular weight excluding hydrogens is 498 g/mol. The number of anilines is 2. The number of carbonyl (C=O) groups is 1. The van der Waals surface area contributed by atoms with Gasteiger partial charge in [-0.25, -0.2) is 4.99 Å². The Kier molecular flexibility index (Phi) is 7.32. The first kappa shape index (κ1) is 25.2. The highest BCUT2D eigenvalue weighted by Crippen LogP contribution is 2.32. The number of para-hydroxylation sites is 1. The lowest BCUT2D eigenvalue weighted by Crippen LogP contribution is -2.45. The minimum Gasteiger partial charge on any atom is -0.494 e. The van der Waals surface area contributed by atoms with E-state index >= 15 is 0 Å². The number of methoxy groups -OCH3 is 1. The summed E-state index contributed by atoms with van der Waals surface area (Å²) in [7, 11) is 1.48. The van der Waals surface area contributed by atoms with Gasteiger partial charge in [0.05, 0.1) is 23.4 Å². The lowest BCUT2D eigenvalue weighted by molar-refractivity contribution is -0.384. The summed E-state index contributed by atoms with van der Waals surface area (Å²) in [6, 6.07) is 29.9. The molecule has 0 bridgehead atoms. The molecule has 11 nitrogen and oxygen atoms in total. The van der Waals surface area contributed by atoms with Crippen molar-refractivity contribution in [3.8, 4) is 5.75 Å². The molecule has 0 fully saturated rings. The third-order valence-corrected chi connectivity index (χ3v) is 5.79. The van der Waals surface area contributed by atoms with Gasteiger partial charge in [0, 0.05) is 29.4 Å². The molecule has 39 heavy (non-hydrogen) atoms. The zero-order chi connectivity index (χ0) is 27.2. The van der Waals surface area contributed by atoms with Gasteiger partial charge in [0.1, 0.15) is 11.4 Å². The number of non-ortho nitro benzene ring substituents is 1. The first-order valence-electron chi connectivity index (χ1n) is 11.9. The average molecular weight is 522 g/mol. The number of amides is 1. The number of hydrogen-bond acceptors (Lipinski definition) is 9. The third-order valence-electron chi connectivity index (χ3n) is 5.79. The standard InChI is InChI=1S/C28H23N7O4/c1-39-25-18-21(14-17-24(25)32-31-20-12-15-23(16-13-20)35(37)38)29-28(36)26-30-27(19-8-4-2-5-9-19)34(33-26)22-10-6-3-7-11-22/h2-18,26,33H,1H3,(H,29,36). The molecule has 0 aromatic heterocycles. The van der Waals surface area contributed by atoms with Crippen LogP contribution in [0.1, 0.15) is 5.56 Å². The lowest BCUT2D eigenvalue weighted by Gasteiger charge is -2.21. The van der Waals surface area contributed by atoms with Crippen molar-refractivity contribution < 1.29 is 14.5 Å². The van der Waals surface area contributed by atoms with Crippen LogP contribution in [0.15, 0.2) is 118 Å². The van der Waals surface area contributed by atoms with Gasteiger partial charge in [-0.1, -0.05) is 48.5 Å². The Labute approximate surface area is 223 Å². The second-order valence-electron chi connectivity index (χ2n) is 8.37. The number of nitrogens with one attached hydrogen (secondary N) is 2. The maximum absolute atomic E-state index is 13.2.